The van der Waals surface area contributed by atoms with Crippen LogP contribution in [-0.2, 0) is 0 Å². The van der Waals surface area contributed by atoms with Gasteiger partial charge in [-0.25, -0.2) is 4.39 Å². The first-order valence-corrected chi connectivity index (χ1v) is 5.66. The summed E-state index contributed by atoms with van der Waals surface area (Å²) in [5.74, 6) is 4.21. The van der Waals surface area contributed by atoms with Crippen molar-refractivity contribution in [3.8, 4) is 0 Å². The summed E-state index contributed by atoms with van der Waals surface area (Å²) in [5.41, 5.74) is 3.34. The van der Waals surface area contributed by atoms with E-state index in [4.69, 9.17) is 17.4 Å². The quantitative estimate of drug-likeness (QED) is 0.596. The SMILES string of the molecule is NNc1ccnc(C(=O)Nc2cc(F)cc(Cl)c2)c1. The van der Waals surface area contributed by atoms with Crippen LogP contribution in [0.1, 0.15) is 10.5 Å². The fourth-order valence-corrected chi connectivity index (χ4v) is 1.69. The molecule has 0 fully saturated rings. The van der Waals surface area contributed by atoms with E-state index in [1.807, 2.05) is 0 Å². The van der Waals surface area contributed by atoms with Crippen molar-refractivity contribution >= 4 is 28.9 Å². The average molecular weight is 281 g/mol. The number of nitrogen functional groups attached to an aromatic ring is 1. The fraction of sp³-hybridized carbons (Fsp3) is 0. The van der Waals surface area contributed by atoms with E-state index in [0.717, 1.165) is 12.1 Å². The highest BCUT2D eigenvalue weighted by atomic mass is 35.5. The third-order valence-electron chi connectivity index (χ3n) is 2.28. The van der Waals surface area contributed by atoms with Crippen LogP contribution < -0.4 is 16.6 Å². The van der Waals surface area contributed by atoms with E-state index < -0.39 is 11.7 Å². The van der Waals surface area contributed by atoms with E-state index in [9.17, 15) is 9.18 Å². The number of nitrogens with two attached hydrogens (primary N) is 1. The van der Waals surface area contributed by atoms with Gasteiger partial charge < -0.3 is 10.7 Å². The number of anilines is 2. The molecule has 4 N–H and O–H groups in total. The van der Waals surface area contributed by atoms with Crippen molar-refractivity contribution in [2.75, 3.05) is 10.7 Å². The minimum atomic E-state index is -0.534. The molecule has 98 valence electrons. The molecule has 0 radical (unpaired) electrons. The van der Waals surface area contributed by atoms with Gasteiger partial charge in [-0.3, -0.25) is 15.6 Å². The summed E-state index contributed by atoms with van der Waals surface area (Å²) in [6.45, 7) is 0. The van der Waals surface area contributed by atoms with Crippen LogP contribution in [0.2, 0.25) is 5.02 Å². The molecule has 0 saturated heterocycles. The number of rotatable bonds is 3. The number of amides is 1. The first-order chi connectivity index (χ1) is 9.08. The van der Waals surface area contributed by atoms with Crippen LogP contribution in [0.4, 0.5) is 15.8 Å². The summed E-state index contributed by atoms with van der Waals surface area (Å²) in [5, 5.41) is 2.69. The molecule has 1 aromatic heterocycles. The summed E-state index contributed by atoms with van der Waals surface area (Å²) in [6.07, 6.45) is 1.43. The second-order valence-corrected chi connectivity index (χ2v) is 4.12. The molecule has 0 aliphatic heterocycles. The van der Waals surface area contributed by atoms with Gasteiger partial charge in [-0.1, -0.05) is 11.6 Å². The summed E-state index contributed by atoms with van der Waals surface area (Å²) in [6, 6.07) is 6.82. The molecule has 0 aliphatic carbocycles. The predicted octanol–water partition coefficient (Wildman–Crippen LogP) is 2.41. The summed E-state index contributed by atoms with van der Waals surface area (Å²) in [4.78, 5) is 15.8. The topological polar surface area (TPSA) is 80.0 Å². The molecule has 2 rings (SSSR count). The summed E-state index contributed by atoms with van der Waals surface area (Å²) >= 11 is 5.69. The molecular weight excluding hydrogens is 271 g/mol. The highest BCUT2D eigenvalue weighted by Gasteiger charge is 2.09. The van der Waals surface area contributed by atoms with E-state index in [2.05, 4.69) is 15.7 Å². The maximum Gasteiger partial charge on any atom is 0.274 e. The minimum Gasteiger partial charge on any atom is -0.324 e. The number of hydrogen-bond donors (Lipinski definition) is 3. The molecule has 0 saturated carbocycles. The lowest BCUT2D eigenvalue weighted by atomic mass is 10.2. The first-order valence-electron chi connectivity index (χ1n) is 5.28. The van der Waals surface area contributed by atoms with Gasteiger partial charge in [0.25, 0.3) is 5.91 Å². The van der Waals surface area contributed by atoms with Crippen molar-refractivity contribution in [2.24, 2.45) is 5.84 Å². The van der Waals surface area contributed by atoms with Gasteiger partial charge in [-0.05, 0) is 30.3 Å². The number of aromatic nitrogens is 1. The summed E-state index contributed by atoms with van der Waals surface area (Å²) in [7, 11) is 0. The van der Waals surface area contributed by atoms with Gasteiger partial charge in [0.05, 0.1) is 5.69 Å². The molecule has 0 atom stereocenters. The molecule has 2 aromatic rings. The van der Waals surface area contributed by atoms with Crippen molar-refractivity contribution in [1.82, 2.24) is 4.98 Å². The molecular formula is C12H10ClFN4O. The third kappa shape index (κ3) is 3.40. The molecule has 19 heavy (non-hydrogen) atoms. The Morgan fingerprint density at radius 2 is 2.05 bits per heavy atom. The molecule has 0 unspecified atom stereocenters. The number of carbonyl (C=O) groups is 1. The normalized spacial score (nSPS) is 10.1. The Labute approximate surface area is 113 Å². The Morgan fingerprint density at radius 1 is 1.26 bits per heavy atom. The lowest BCUT2D eigenvalue weighted by molar-refractivity contribution is 0.102. The average Bonchev–Trinajstić information content (AvgIpc) is 2.37. The van der Waals surface area contributed by atoms with Crippen molar-refractivity contribution in [1.29, 1.82) is 0 Å². The number of hydrazine groups is 1. The number of carbonyl (C=O) groups excluding carboxylic acids is 1. The van der Waals surface area contributed by atoms with Crippen molar-refractivity contribution in [2.45, 2.75) is 0 Å². The highest BCUT2D eigenvalue weighted by Crippen LogP contribution is 2.18. The molecule has 5 nitrogen and oxygen atoms in total. The van der Waals surface area contributed by atoms with Gasteiger partial charge in [-0.15, -0.1) is 0 Å². The maximum atomic E-state index is 13.1. The van der Waals surface area contributed by atoms with Gasteiger partial charge in [0.1, 0.15) is 11.5 Å². The molecule has 0 bridgehead atoms. The van der Waals surface area contributed by atoms with E-state index >= 15 is 0 Å². The maximum absolute atomic E-state index is 13.1. The Bertz CT molecular complexity index is 600. The van der Waals surface area contributed by atoms with Gasteiger partial charge in [0.2, 0.25) is 0 Å². The van der Waals surface area contributed by atoms with Crippen molar-refractivity contribution < 1.29 is 9.18 Å². The number of hydrogen-bond acceptors (Lipinski definition) is 4. The van der Waals surface area contributed by atoms with Crippen molar-refractivity contribution in [3.63, 3.8) is 0 Å². The lowest BCUT2D eigenvalue weighted by Gasteiger charge is -2.06. The Balaban J connectivity index is 2.20. The van der Waals surface area contributed by atoms with Gasteiger partial charge in [0, 0.05) is 16.9 Å². The molecule has 1 amide bonds. The lowest BCUT2D eigenvalue weighted by Crippen LogP contribution is -2.15. The first kappa shape index (κ1) is 13.3. The monoisotopic (exact) mass is 280 g/mol. The van der Waals surface area contributed by atoms with E-state index in [1.165, 1.54) is 18.3 Å². The number of halogens is 2. The Hall–Kier alpha value is -2.18. The van der Waals surface area contributed by atoms with Crippen LogP contribution in [0.5, 0.6) is 0 Å². The number of nitrogens with zero attached hydrogens (tertiary/aromatic N) is 1. The zero-order chi connectivity index (χ0) is 13.8. The fourth-order valence-electron chi connectivity index (χ4n) is 1.47. The molecule has 1 heterocycles. The zero-order valence-corrected chi connectivity index (χ0v) is 10.4. The largest absolute Gasteiger partial charge is 0.324 e. The highest BCUT2D eigenvalue weighted by molar-refractivity contribution is 6.31. The van der Waals surface area contributed by atoms with Crippen LogP contribution in [-0.4, -0.2) is 10.9 Å². The second-order valence-electron chi connectivity index (χ2n) is 3.69. The Kier molecular flexibility index (Phi) is 3.94. The smallest absolute Gasteiger partial charge is 0.274 e. The third-order valence-corrected chi connectivity index (χ3v) is 2.50. The van der Waals surface area contributed by atoms with Crippen LogP contribution in [0.3, 0.4) is 0 Å². The zero-order valence-electron chi connectivity index (χ0n) is 9.65. The van der Waals surface area contributed by atoms with E-state index in [0.29, 0.717) is 5.69 Å². The summed E-state index contributed by atoms with van der Waals surface area (Å²) < 4.78 is 13.1. The minimum absolute atomic E-state index is 0.149. The number of nitrogens with one attached hydrogen (secondary N) is 2. The molecule has 7 heteroatoms. The Morgan fingerprint density at radius 3 is 2.74 bits per heavy atom. The number of pyridine rings is 1. The number of benzene rings is 1. The van der Waals surface area contributed by atoms with Gasteiger partial charge in [-0.2, -0.15) is 0 Å². The standard InChI is InChI=1S/C12H10ClFN4O/c13-7-3-8(14)5-10(4-7)17-12(19)11-6-9(18-15)1-2-16-11/h1-6H,15H2,(H,16,18)(H,17,19). The second kappa shape index (κ2) is 5.64. The molecule has 0 aliphatic rings. The molecule has 0 spiro atoms. The van der Waals surface area contributed by atoms with E-state index in [-0.39, 0.29) is 16.4 Å². The van der Waals surface area contributed by atoms with Crippen LogP contribution >= 0.6 is 11.6 Å². The van der Waals surface area contributed by atoms with Crippen LogP contribution in [0.25, 0.3) is 0 Å². The van der Waals surface area contributed by atoms with E-state index in [1.54, 1.807) is 6.07 Å². The van der Waals surface area contributed by atoms with Gasteiger partial charge in [0.15, 0.2) is 0 Å². The van der Waals surface area contributed by atoms with Crippen LogP contribution in [0, 0.1) is 5.82 Å². The van der Waals surface area contributed by atoms with Crippen molar-refractivity contribution in [3.05, 3.63) is 53.1 Å². The predicted molar refractivity (Wildman–Crippen MR) is 71.4 cm³/mol. The van der Waals surface area contributed by atoms with Crippen LogP contribution in [0.15, 0.2) is 36.5 Å². The molecule has 1 aromatic carbocycles. The van der Waals surface area contributed by atoms with Gasteiger partial charge >= 0.3 is 0 Å².